The van der Waals surface area contributed by atoms with Crippen LogP contribution in [0.1, 0.15) is 21.7 Å². The lowest BCUT2D eigenvalue weighted by Crippen LogP contribution is -3.12. The highest BCUT2D eigenvalue weighted by atomic mass is 16.5. The summed E-state index contributed by atoms with van der Waals surface area (Å²) in [6.07, 6.45) is 1.42. The molecule has 138 valence electrons. The zero-order valence-corrected chi connectivity index (χ0v) is 14.6. The van der Waals surface area contributed by atoms with Gasteiger partial charge in [0.1, 0.15) is 19.6 Å². The van der Waals surface area contributed by atoms with Crippen molar-refractivity contribution in [3.63, 3.8) is 0 Å². The molecule has 0 radical (unpaired) electrons. The Kier molecular flexibility index (Phi) is 6.40. The summed E-state index contributed by atoms with van der Waals surface area (Å²) in [5.74, 6) is -0.448. The van der Waals surface area contributed by atoms with Crippen LogP contribution in [0.2, 0.25) is 0 Å². The fraction of sp³-hybridized carbons (Fsp3) is 0.368. The van der Waals surface area contributed by atoms with Crippen LogP contribution in [-0.2, 0) is 22.6 Å². The van der Waals surface area contributed by atoms with E-state index in [1.165, 1.54) is 16.7 Å². The molecular formula is C19H24N3O4+. The summed E-state index contributed by atoms with van der Waals surface area (Å²) in [6.45, 7) is 4.86. The molecule has 7 nitrogen and oxygen atoms in total. The maximum Gasteiger partial charge on any atom is 0.287 e. The average molecular weight is 358 g/mol. The highest BCUT2D eigenvalue weighted by Crippen LogP contribution is 2.07. The van der Waals surface area contributed by atoms with E-state index in [1.807, 2.05) is 18.2 Å². The number of rotatable bonds is 7. The number of amides is 2. The molecule has 1 aromatic heterocycles. The Balaban J connectivity index is 1.47. The third-order valence-corrected chi connectivity index (χ3v) is 4.39. The number of quaternary nitrogens is 1. The first-order chi connectivity index (χ1) is 12.7. The van der Waals surface area contributed by atoms with Gasteiger partial charge in [-0.2, -0.15) is 0 Å². The van der Waals surface area contributed by atoms with Crippen LogP contribution in [0.3, 0.4) is 0 Å². The molecule has 26 heavy (non-hydrogen) atoms. The SMILES string of the molecule is O=C(CNC(=O)c1ccco1)NCc1ccccc1C[NH+]1CCOCC1. The Morgan fingerprint density at radius 3 is 2.50 bits per heavy atom. The molecule has 1 fully saturated rings. The van der Waals surface area contributed by atoms with Crippen molar-refractivity contribution in [2.24, 2.45) is 0 Å². The van der Waals surface area contributed by atoms with Crippen molar-refractivity contribution in [3.05, 3.63) is 59.5 Å². The summed E-state index contributed by atoms with van der Waals surface area (Å²) in [5, 5.41) is 5.40. The molecule has 0 saturated carbocycles. The van der Waals surface area contributed by atoms with Crippen molar-refractivity contribution in [1.82, 2.24) is 10.6 Å². The second-order valence-electron chi connectivity index (χ2n) is 6.24. The van der Waals surface area contributed by atoms with Crippen molar-refractivity contribution in [2.45, 2.75) is 13.1 Å². The minimum Gasteiger partial charge on any atom is -0.459 e. The zero-order valence-electron chi connectivity index (χ0n) is 14.6. The van der Waals surface area contributed by atoms with Crippen molar-refractivity contribution < 1.29 is 23.6 Å². The first kappa shape index (κ1) is 18.2. The van der Waals surface area contributed by atoms with E-state index in [-0.39, 0.29) is 18.2 Å². The largest absolute Gasteiger partial charge is 0.459 e. The van der Waals surface area contributed by atoms with Gasteiger partial charge < -0.3 is 24.7 Å². The van der Waals surface area contributed by atoms with Gasteiger partial charge in [-0.3, -0.25) is 9.59 Å². The number of carbonyl (C=O) groups excluding carboxylic acids is 2. The average Bonchev–Trinajstić information content (AvgIpc) is 3.21. The summed E-state index contributed by atoms with van der Waals surface area (Å²) in [4.78, 5) is 25.3. The van der Waals surface area contributed by atoms with Crippen LogP contribution >= 0.6 is 0 Å². The van der Waals surface area contributed by atoms with Gasteiger partial charge in [0.25, 0.3) is 5.91 Å². The summed E-state index contributed by atoms with van der Waals surface area (Å²) >= 11 is 0. The number of morpholine rings is 1. The number of hydrogen-bond acceptors (Lipinski definition) is 4. The van der Waals surface area contributed by atoms with Gasteiger partial charge in [0.05, 0.1) is 26.0 Å². The second-order valence-corrected chi connectivity index (χ2v) is 6.24. The minimum atomic E-state index is -0.401. The molecule has 1 aliphatic rings. The van der Waals surface area contributed by atoms with Gasteiger partial charge in [0.15, 0.2) is 5.76 Å². The third kappa shape index (κ3) is 5.18. The van der Waals surface area contributed by atoms with Gasteiger partial charge in [-0.1, -0.05) is 24.3 Å². The lowest BCUT2D eigenvalue weighted by molar-refractivity contribution is -0.921. The number of furan rings is 1. The highest BCUT2D eigenvalue weighted by Gasteiger charge is 2.16. The van der Waals surface area contributed by atoms with Crippen molar-refractivity contribution in [3.8, 4) is 0 Å². The van der Waals surface area contributed by atoms with Gasteiger partial charge in [0, 0.05) is 12.1 Å². The molecule has 2 amide bonds. The van der Waals surface area contributed by atoms with E-state index in [4.69, 9.17) is 9.15 Å². The fourth-order valence-corrected chi connectivity index (χ4v) is 2.92. The molecule has 0 aliphatic carbocycles. The van der Waals surface area contributed by atoms with Gasteiger partial charge in [0.2, 0.25) is 5.91 Å². The van der Waals surface area contributed by atoms with E-state index in [9.17, 15) is 9.59 Å². The molecule has 0 atom stereocenters. The maximum absolute atomic E-state index is 12.0. The number of hydrogen-bond donors (Lipinski definition) is 3. The molecular weight excluding hydrogens is 334 g/mol. The minimum absolute atomic E-state index is 0.0869. The van der Waals surface area contributed by atoms with Crippen LogP contribution in [-0.4, -0.2) is 44.7 Å². The molecule has 2 aromatic rings. The third-order valence-electron chi connectivity index (χ3n) is 4.39. The van der Waals surface area contributed by atoms with E-state index in [2.05, 4.69) is 16.7 Å². The number of carbonyl (C=O) groups is 2. The van der Waals surface area contributed by atoms with Crippen LogP contribution in [0, 0.1) is 0 Å². The lowest BCUT2D eigenvalue weighted by atomic mass is 10.1. The number of ether oxygens (including phenoxy) is 1. The smallest absolute Gasteiger partial charge is 0.287 e. The standard InChI is InChI=1S/C19H23N3O4/c23-18(13-21-19(24)17-6-3-9-26-17)20-12-15-4-1-2-5-16(15)14-22-7-10-25-11-8-22/h1-6,9H,7-8,10-14H2,(H,20,23)(H,21,24)/p+1. The number of nitrogens with one attached hydrogen (secondary N) is 3. The van der Waals surface area contributed by atoms with Gasteiger partial charge >= 0.3 is 0 Å². The fourth-order valence-electron chi connectivity index (χ4n) is 2.92. The zero-order chi connectivity index (χ0) is 18.2. The molecule has 3 N–H and O–H groups in total. The Labute approximate surface area is 152 Å². The van der Waals surface area contributed by atoms with E-state index < -0.39 is 5.91 Å². The predicted octanol–water partition coefficient (Wildman–Crippen LogP) is -0.259. The maximum atomic E-state index is 12.0. The van der Waals surface area contributed by atoms with E-state index in [1.54, 1.807) is 12.1 Å². The molecule has 7 heteroatoms. The second kappa shape index (κ2) is 9.17. The van der Waals surface area contributed by atoms with Crippen LogP contribution in [0.25, 0.3) is 0 Å². The molecule has 1 saturated heterocycles. The lowest BCUT2D eigenvalue weighted by Gasteiger charge is -2.24. The summed E-state index contributed by atoms with van der Waals surface area (Å²) in [5.41, 5.74) is 2.32. The first-order valence-electron chi connectivity index (χ1n) is 8.79. The van der Waals surface area contributed by atoms with Crippen LogP contribution in [0.4, 0.5) is 0 Å². The molecule has 1 aliphatic heterocycles. The van der Waals surface area contributed by atoms with Crippen molar-refractivity contribution in [1.29, 1.82) is 0 Å². The van der Waals surface area contributed by atoms with Crippen molar-refractivity contribution in [2.75, 3.05) is 32.8 Å². The Hall–Kier alpha value is -2.64. The Bertz CT molecular complexity index is 724. The van der Waals surface area contributed by atoms with E-state index >= 15 is 0 Å². The van der Waals surface area contributed by atoms with Gasteiger partial charge in [-0.15, -0.1) is 0 Å². The molecule has 3 rings (SSSR count). The normalized spacial score (nSPS) is 14.8. The van der Waals surface area contributed by atoms with Crippen LogP contribution in [0.15, 0.2) is 47.1 Å². The van der Waals surface area contributed by atoms with Crippen LogP contribution < -0.4 is 15.5 Å². The highest BCUT2D eigenvalue weighted by molar-refractivity contribution is 5.94. The quantitative estimate of drug-likeness (QED) is 0.637. The van der Waals surface area contributed by atoms with Crippen LogP contribution in [0.5, 0.6) is 0 Å². The van der Waals surface area contributed by atoms with Gasteiger partial charge in [-0.25, -0.2) is 0 Å². The topological polar surface area (TPSA) is 85.0 Å². The Morgan fingerprint density at radius 2 is 1.77 bits per heavy atom. The Morgan fingerprint density at radius 1 is 1.00 bits per heavy atom. The summed E-state index contributed by atoms with van der Waals surface area (Å²) in [7, 11) is 0. The monoisotopic (exact) mass is 358 g/mol. The predicted molar refractivity (Wildman–Crippen MR) is 94.5 cm³/mol. The summed E-state index contributed by atoms with van der Waals surface area (Å²) in [6, 6.07) is 11.3. The molecule has 0 spiro atoms. The first-order valence-corrected chi connectivity index (χ1v) is 8.79. The molecule has 1 aromatic carbocycles. The number of benzene rings is 1. The van der Waals surface area contributed by atoms with Crippen molar-refractivity contribution >= 4 is 11.8 Å². The molecule has 0 unspecified atom stereocenters. The molecule has 0 bridgehead atoms. The van der Waals surface area contributed by atoms with Gasteiger partial charge in [-0.05, 0) is 17.7 Å². The molecule has 2 heterocycles. The van der Waals surface area contributed by atoms with E-state index in [0.717, 1.165) is 38.4 Å². The summed E-state index contributed by atoms with van der Waals surface area (Å²) < 4.78 is 10.4. The van der Waals surface area contributed by atoms with E-state index in [0.29, 0.717) is 6.54 Å².